The Bertz CT molecular complexity index is 848. The Morgan fingerprint density at radius 1 is 0.711 bits per heavy atom. The summed E-state index contributed by atoms with van der Waals surface area (Å²) in [5, 5.41) is 0. The zero-order valence-corrected chi connectivity index (χ0v) is 25.4. The molecule has 0 aromatic rings. The van der Waals surface area contributed by atoms with E-state index < -0.39 is 39.9 Å². The Morgan fingerprint density at radius 3 is 1.24 bits per heavy atom. The van der Waals surface area contributed by atoms with Crippen LogP contribution in [0.15, 0.2) is 0 Å². The zero-order chi connectivity index (χ0) is 30.2. The molecule has 1 aliphatic heterocycles. The van der Waals surface area contributed by atoms with Crippen molar-refractivity contribution in [3.8, 4) is 0 Å². The molecule has 0 aliphatic carbocycles. The van der Waals surface area contributed by atoms with Crippen molar-refractivity contribution >= 4 is 28.9 Å². The van der Waals surface area contributed by atoms with Gasteiger partial charge in [0, 0.05) is 32.7 Å². The van der Waals surface area contributed by atoms with Crippen LogP contribution in [-0.2, 0) is 33.3 Å². The molecule has 1 aliphatic rings. The third-order valence-electron chi connectivity index (χ3n) is 4.91. The summed E-state index contributed by atoms with van der Waals surface area (Å²) < 4.78 is 129. The lowest BCUT2D eigenvalue weighted by Crippen LogP contribution is -2.61. The lowest BCUT2D eigenvalue weighted by Gasteiger charge is -2.38. The van der Waals surface area contributed by atoms with Gasteiger partial charge in [-0.05, 0) is 17.8 Å². The van der Waals surface area contributed by atoms with Gasteiger partial charge in [0.25, 0.3) is 0 Å². The van der Waals surface area contributed by atoms with Crippen molar-refractivity contribution < 1.29 is 60.9 Å². The fraction of sp³-hybridized carbons (Fsp3) is 1.00. The quantitative estimate of drug-likeness (QED) is 0.164. The number of rotatable bonds is 13. The molecule has 0 N–H and O–H groups in total. The first-order valence-corrected chi connectivity index (χ1v) is 16.8. The molecule has 9 nitrogen and oxygen atoms in total. The van der Waals surface area contributed by atoms with Gasteiger partial charge in [0.05, 0.1) is 20.1 Å². The minimum absolute atomic E-state index is 0.496. The molecule has 0 spiro atoms. The molecule has 0 bridgehead atoms. The number of hydrogen-bond donors (Lipinski definition) is 0. The van der Waals surface area contributed by atoms with Crippen molar-refractivity contribution in [3.05, 3.63) is 4.13 Å². The summed E-state index contributed by atoms with van der Waals surface area (Å²) in [7, 11) is -13.8. The number of sulfonamides is 2. The summed E-state index contributed by atoms with van der Waals surface area (Å²) in [5.41, 5.74) is -12.4. The Hall–Kier alpha value is -0.503. The van der Waals surface area contributed by atoms with Crippen LogP contribution in [0.1, 0.15) is 54.4 Å². The fourth-order valence-electron chi connectivity index (χ4n) is 3.08. The molecule has 230 valence electrons. The van der Waals surface area contributed by atoms with E-state index in [9.17, 15) is 43.2 Å². The lowest BCUT2D eigenvalue weighted by molar-refractivity contribution is -0.890. The summed E-state index contributed by atoms with van der Waals surface area (Å²) in [6, 6.07) is 0. The van der Waals surface area contributed by atoms with Gasteiger partial charge in [-0.3, -0.25) is 0 Å². The van der Waals surface area contributed by atoms with Gasteiger partial charge in [0.1, 0.15) is 6.17 Å². The maximum atomic E-state index is 11.4. The third kappa shape index (κ3) is 13.2. The second-order valence-corrected chi connectivity index (χ2v) is 16.6. The van der Waals surface area contributed by atoms with E-state index >= 15 is 0 Å². The molecule has 0 saturated carbocycles. The van der Waals surface area contributed by atoms with Crippen molar-refractivity contribution in [2.75, 3.05) is 46.1 Å². The second kappa shape index (κ2) is 14.4. The van der Waals surface area contributed by atoms with E-state index in [2.05, 4.69) is 48.6 Å². The first kappa shape index (κ1) is 37.5. The summed E-state index contributed by atoms with van der Waals surface area (Å²) in [6.45, 7) is 17.8. The van der Waals surface area contributed by atoms with Crippen molar-refractivity contribution in [1.82, 2.24) is 0 Å². The van der Waals surface area contributed by atoms with Gasteiger partial charge in [-0.15, -0.1) is 0 Å². The van der Waals surface area contributed by atoms with Crippen LogP contribution in [0.4, 0.5) is 26.3 Å². The van der Waals surface area contributed by atoms with Gasteiger partial charge < -0.3 is 21.9 Å². The van der Waals surface area contributed by atoms with Gasteiger partial charge >= 0.3 is 19.8 Å². The summed E-state index contributed by atoms with van der Waals surface area (Å²) in [5.74, 6) is 1.49. The fourth-order valence-corrected chi connectivity index (χ4v) is 8.33. The van der Waals surface area contributed by atoms with Crippen LogP contribution in [0, 0.1) is 17.8 Å². The summed E-state index contributed by atoms with van der Waals surface area (Å²) >= 11 is 0. The molecule has 0 radical (unpaired) electrons. The SMILES string of the molecule is CC(C)CO[Si](C[N+]1(C)CCCC1)(OCC(C)C)OCC(C)C.O=S(=O)([N-]S(=O)(=O)C(F)(F)F)C(F)(F)F. The molecule has 0 unspecified atom stereocenters. The molecule has 0 atom stereocenters. The van der Waals surface area contributed by atoms with Crippen molar-refractivity contribution in [2.24, 2.45) is 17.8 Å². The largest absolute Gasteiger partial charge is 0.559 e. The highest BCUT2D eigenvalue weighted by atomic mass is 32.3. The van der Waals surface area contributed by atoms with Crippen molar-refractivity contribution in [2.45, 2.75) is 65.4 Å². The predicted octanol–water partition coefficient (Wildman–Crippen LogP) is 4.78. The smallest absolute Gasteiger partial charge is 0.421 e. The number of alkyl halides is 6. The Balaban J connectivity index is 0.000000793. The maximum Gasteiger partial charge on any atom is 0.559 e. The molecule has 1 saturated heterocycles. The zero-order valence-electron chi connectivity index (χ0n) is 22.7. The Kier molecular flexibility index (Phi) is 14.2. The van der Waals surface area contributed by atoms with E-state index in [0.29, 0.717) is 17.8 Å². The topological polar surface area (TPSA) is 110 Å². The molecule has 0 aromatic carbocycles. The van der Waals surface area contributed by atoms with Crippen LogP contribution in [0.3, 0.4) is 0 Å². The molecule has 0 aromatic heterocycles. The van der Waals surface area contributed by atoms with E-state index in [4.69, 9.17) is 13.3 Å². The molecule has 1 rings (SSSR count). The van der Waals surface area contributed by atoms with Crippen LogP contribution in [0.5, 0.6) is 0 Å². The van der Waals surface area contributed by atoms with Crippen LogP contribution in [0.2, 0.25) is 0 Å². The minimum Gasteiger partial charge on any atom is -0.421 e. The van der Waals surface area contributed by atoms with E-state index in [1.54, 1.807) is 0 Å². The average molecular weight is 627 g/mol. The number of nitrogens with zero attached hydrogens (tertiary/aromatic N) is 2. The van der Waals surface area contributed by atoms with Gasteiger partial charge in [0.2, 0.25) is 0 Å². The minimum atomic E-state index is -6.72. The standard InChI is InChI=1S/C18H40NO3Si.C2F6NO4S2/c1-16(2)12-20-23(21-13-17(3)4,22-14-18(5)6)15-19(7)10-8-9-11-19;3-1(4,5)14(10,11)9-15(12,13)2(6,7)8/h16-18H,8-15H2,1-7H3;/q+1;-1. The molecule has 18 heteroatoms. The van der Waals surface area contributed by atoms with Crippen LogP contribution in [0.25, 0.3) is 4.13 Å². The highest BCUT2D eigenvalue weighted by Gasteiger charge is 2.51. The Labute approximate surface area is 223 Å². The number of halogens is 6. The number of quaternary nitrogens is 1. The van der Waals surface area contributed by atoms with E-state index in [1.165, 1.54) is 25.9 Å². The third-order valence-corrected chi connectivity index (χ3v) is 10.6. The van der Waals surface area contributed by atoms with Gasteiger partial charge in [-0.1, -0.05) is 41.5 Å². The average Bonchev–Trinajstić information content (AvgIpc) is 3.13. The highest BCUT2D eigenvalue weighted by molar-refractivity contribution is 8.13. The van der Waals surface area contributed by atoms with E-state index in [0.717, 1.165) is 34.6 Å². The van der Waals surface area contributed by atoms with Gasteiger partial charge in [-0.25, -0.2) is 16.8 Å². The summed E-state index contributed by atoms with van der Waals surface area (Å²) in [6.07, 6.45) is 3.53. The molecular weight excluding hydrogens is 586 g/mol. The predicted molar refractivity (Wildman–Crippen MR) is 131 cm³/mol. The molecular formula is C20H40F6N2O7S2Si. The van der Waals surface area contributed by atoms with E-state index in [1.807, 2.05) is 0 Å². The highest BCUT2D eigenvalue weighted by Crippen LogP contribution is 2.36. The van der Waals surface area contributed by atoms with E-state index in [-0.39, 0.29) is 0 Å². The lowest BCUT2D eigenvalue weighted by atomic mass is 10.2. The van der Waals surface area contributed by atoms with Crippen molar-refractivity contribution in [3.63, 3.8) is 0 Å². The number of likely N-dealkylation sites (tertiary alicyclic amines) is 1. The first-order chi connectivity index (χ1) is 16.9. The van der Waals surface area contributed by atoms with Crippen LogP contribution >= 0.6 is 0 Å². The Morgan fingerprint density at radius 2 is 1.00 bits per heavy atom. The van der Waals surface area contributed by atoms with Crippen molar-refractivity contribution in [1.29, 1.82) is 0 Å². The molecule has 1 fully saturated rings. The molecule has 1 heterocycles. The molecule has 0 amide bonds. The van der Waals surface area contributed by atoms with Crippen LogP contribution in [-0.4, -0.2) is 87.3 Å². The normalized spacial score (nSPS) is 17.3. The monoisotopic (exact) mass is 626 g/mol. The summed E-state index contributed by atoms with van der Waals surface area (Å²) in [4.78, 5) is 0. The number of hydrogen-bond acceptors (Lipinski definition) is 7. The first-order valence-electron chi connectivity index (χ1n) is 12.0. The second-order valence-electron chi connectivity index (χ2n) is 10.6. The van der Waals surface area contributed by atoms with Crippen LogP contribution < -0.4 is 0 Å². The van der Waals surface area contributed by atoms with Gasteiger partial charge in [-0.2, -0.15) is 26.3 Å². The molecule has 38 heavy (non-hydrogen) atoms. The van der Waals surface area contributed by atoms with Gasteiger partial charge in [0.15, 0.2) is 20.0 Å². The maximum absolute atomic E-state index is 11.4.